The highest BCUT2D eigenvalue weighted by Gasteiger charge is 2.16. The first-order chi connectivity index (χ1) is 17.5. The quantitative estimate of drug-likeness (QED) is 0.372. The molecule has 8 nitrogen and oxygen atoms in total. The van der Waals surface area contributed by atoms with Crippen molar-refractivity contribution in [1.82, 2.24) is 24.8 Å². The van der Waals surface area contributed by atoms with Crippen molar-refractivity contribution >= 4 is 45.9 Å². The molecule has 2 aromatic heterocycles. The highest BCUT2D eigenvalue weighted by molar-refractivity contribution is 6.39. The molecule has 0 radical (unpaired) electrons. The molecule has 1 saturated heterocycles. The highest BCUT2D eigenvalue weighted by atomic mass is 35.5. The van der Waals surface area contributed by atoms with E-state index in [0.29, 0.717) is 44.8 Å². The fourth-order valence-electron chi connectivity index (χ4n) is 4.23. The molecule has 1 aliphatic heterocycles. The van der Waals surface area contributed by atoms with E-state index in [1.54, 1.807) is 37.5 Å². The third-order valence-electron chi connectivity index (χ3n) is 6.18. The Morgan fingerprint density at radius 1 is 1.08 bits per heavy atom. The van der Waals surface area contributed by atoms with Crippen LogP contribution in [0, 0.1) is 0 Å². The first-order valence-electron chi connectivity index (χ1n) is 11.7. The zero-order valence-corrected chi connectivity index (χ0v) is 21.3. The number of pyridine rings is 1. The predicted molar refractivity (Wildman–Crippen MR) is 145 cm³/mol. The molecular weight excluding hydrogens is 499 g/mol. The number of rotatable bonds is 7. The standard InChI is InChI=1S/C26H26Cl2N6O2/c1-33-24-17(15-20(25(33)35)23-21(27)3-2-4-22(23)28)16-30-26(32-24)31-18-5-7-19(8-6-18)36-14-13-34-11-9-29-10-12-34/h2-8,15-16,29H,9-14H2,1H3,(H,30,31,32). The van der Waals surface area contributed by atoms with Crippen molar-refractivity contribution in [3.8, 4) is 16.9 Å². The average Bonchev–Trinajstić information content (AvgIpc) is 2.89. The van der Waals surface area contributed by atoms with Gasteiger partial charge in [0.05, 0.1) is 15.6 Å². The van der Waals surface area contributed by atoms with E-state index in [0.717, 1.165) is 44.2 Å². The van der Waals surface area contributed by atoms with Crippen LogP contribution in [0.2, 0.25) is 10.0 Å². The van der Waals surface area contributed by atoms with Gasteiger partial charge in [0.15, 0.2) is 0 Å². The summed E-state index contributed by atoms with van der Waals surface area (Å²) in [6.45, 7) is 5.73. The number of nitrogens with zero attached hydrogens (tertiary/aromatic N) is 4. The van der Waals surface area contributed by atoms with Crippen LogP contribution in [0.4, 0.5) is 11.6 Å². The van der Waals surface area contributed by atoms with Crippen molar-refractivity contribution in [3.63, 3.8) is 0 Å². The number of ether oxygens (including phenoxy) is 1. The molecule has 4 aromatic rings. The van der Waals surface area contributed by atoms with Crippen LogP contribution < -0.4 is 20.9 Å². The van der Waals surface area contributed by atoms with Gasteiger partial charge < -0.3 is 15.4 Å². The predicted octanol–water partition coefficient (Wildman–Crippen LogP) is 4.33. The van der Waals surface area contributed by atoms with E-state index in [-0.39, 0.29) is 5.56 Å². The molecule has 0 bridgehead atoms. The molecule has 5 rings (SSSR count). The second-order valence-corrected chi connectivity index (χ2v) is 9.40. The number of hydrogen-bond acceptors (Lipinski definition) is 7. The Bertz CT molecular complexity index is 1420. The second-order valence-electron chi connectivity index (χ2n) is 8.58. The van der Waals surface area contributed by atoms with Gasteiger partial charge in [0.1, 0.15) is 18.0 Å². The summed E-state index contributed by atoms with van der Waals surface area (Å²) in [6, 6.07) is 14.5. The average molecular weight is 525 g/mol. The highest BCUT2D eigenvalue weighted by Crippen LogP contribution is 2.33. The van der Waals surface area contributed by atoms with Gasteiger partial charge in [0.2, 0.25) is 5.95 Å². The Labute approximate surface area is 218 Å². The fraction of sp³-hybridized carbons (Fsp3) is 0.269. The van der Waals surface area contributed by atoms with Gasteiger partial charge in [-0.1, -0.05) is 29.3 Å². The van der Waals surface area contributed by atoms with Crippen LogP contribution in [-0.2, 0) is 7.05 Å². The van der Waals surface area contributed by atoms with Crippen LogP contribution in [-0.4, -0.2) is 58.8 Å². The summed E-state index contributed by atoms with van der Waals surface area (Å²) in [6.07, 6.45) is 1.67. The first-order valence-corrected chi connectivity index (χ1v) is 12.5. The van der Waals surface area contributed by atoms with Gasteiger partial charge >= 0.3 is 0 Å². The Morgan fingerprint density at radius 3 is 2.53 bits per heavy atom. The minimum atomic E-state index is -0.246. The van der Waals surface area contributed by atoms with Gasteiger partial charge in [-0.3, -0.25) is 14.3 Å². The lowest BCUT2D eigenvalue weighted by Gasteiger charge is -2.26. The van der Waals surface area contributed by atoms with Crippen LogP contribution in [0.25, 0.3) is 22.2 Å². The first kappa shape index (κ1) is 24.5. The van der Waals surface area contributed by atoms with E-state index in [9.17, 15) is 4.79 Å². The Hall–Kier alpha value is -3.17. The normalized spacial score (nSPS) is 14.2. The number of piperazine rings is 1. The number of halogens is 2. The van der Waals surface area contributed by atoms with Gasteiger partial charge in [-0.2, -0.15) is 4.98 Å². The maximum Gasteiger partial charge on any atom is 0.259 e. The molecule has 36 heavy (non-hydrogen) atoms. The summed E-state index contributed by atoms with van der Waals surface area (Å²) in [5, 5.41) is 8.06. The van der Waals surface area contributed by atoms with Crippen molar-refractivity contribution in [1.29, 1.82) is 0 Å². The number of hydrogen-bond donors (Lipinski definition) is 2. The summed E-state index contributed by atoms with van der Waals surface area (Å²) in [5.74, 6) is 1.19. The van der Waals surface area contributed by atoms with Gasteiger partial charge in [0, 0.05) is 62.6 Å². The molecule has 0 spiro atoms. The van der Waals surface area contributed by atoms with Crippen LogP contribution in [0.15, 0.2) is 59.5 Å². The lowest BCUT2D eigenvalue weighted by molar-refractivity contribution is 0.191. The molecule has 2 N–H and O–H groups in total. The summed E-state index contributed by atoms with van der Waals surface area (Å²) >= 11 is 12.7. The Kier molecular flexibility index (Phi) is 7.38. The summed E-state index contributed by atoms with van der Waals surface area (Å²) in [7, 11) is 1.67. The monoisotopic (exact) mass is 524 g/mol. The van der Waals surface area contributed by atoms with Gasteiger partial charge in [-0.05, 0) is 42.5 Å². The molecule has 0 amide bonds. The topological polar surface area (TPSA) is 84.3 Å². The van der Waals surface area contributed by atoms with Crippen molar-refractivity contribution in [3.05, 3.63) is 75.1 Å². The summed E-state index contributed by atoms with van der Waals surface area (Å²) < 4.78 is 7.37. The number of nitrogens with one attached hydrogen (secondary N) is 2. The molecule has 0 saturated carbocycles. The molecule has 0 unspecified atom stereocenters. The molecule has 1 fully saturated rings. The van der Waals surface area contributed by atoms with Crippen molar-refractivity contribution in [2.24, 2.45) is 7.05 Å². The van der Waals surface area contributed by atoms with Crippen LogP contribution >= 0.6 is 23.2 Å². The number of aryl methyl sites for hydroxylation is 1. The minimum absolute atomic E-state index is 0.246. The molecule has 1 aliphatic rings. The SMILES string of the molecule is Cn1c(=O)c(-c2c(Cl)cccc2Cl)cc2cnc(Nc3ccc(OCCN4CCNCC4)cc3)nc21. The van der Waals surface area contributed by atoms with E-state index in [2.05, 4.69) is 25.5 Å². The third kappa shape index (κ3) is 5.32. The lowest BCUT2D eigenvalue weighted by Crippen LogP contribution is -2.44. The molecule has 2 aromatic carbocycles. The van der Waals surface area contributed by atoms with Crippen LogP contribution in [0.3, 0.4) is 0 Å². The van der Waals surface area contributed by atoms with E-state index in [4.69, 9.17) is 27.9 Å². The fourth-order valence-corrected chi connectivity index (χ4v) is 4.83. The summed E-state index contributed by atoms with van der Waals surface area (Å²) in [5.41, 5.74) is 1.97. The van der Waals surface area contributed by atoms with Crippen molar-refractivity contribution in [2.45, 2.75) is 0 Å². The lowest BCUT2D eigenvalue weighted by atomic mass is 10.1. The number of fused-ring (bicyclic) bond motifs is 1. The Morgan fingerprint density at radius 2 is 1.81 bits per heavy atom. The number of benzene rings is 2. The van der Waals surface area contributed by atoms with Gasteiger partial charge in [0.25, 0.3) is 5.56 Å². The van der Waals surface area contributed by atoms with Crippen molar-refractivity contribution in [2.75, 3.05) is 44.6 Å². The maximum absolute atomic E-state index is 13.1. The molecular formula is C26H26Cl2N6O2. The molecule has 10 heteroatoms. The molecule has 0 atom stereocenters. The van der Waals surface area contributed by atoms with E-state index in [1.165, 1.54) is 4.57 Å². The molecule has 186 valence electrons. The minimum Gasteiger partial charge on any atom is -0.492 e. The number of aromatic nitrogens is 3. The maximum atomic E-state index is 13.1. The van der Waals surface area contributed by atoms with E-state index < -0.39 is 0 Å². The van der Waals surface area contributed by atoms with Crippen LogP contribution in [0.5, 0.6) is 5.75 Å². The van der Waals surface area contributed by atoms with Gasteiger partial charge in [-0.15, -0.1) is 0 Å². The third-order valence-corrected chi connectivity index (χ3v) is 6.81. The van der Waals surface area contributed by atoms with E-state index in [1.807, 2.05) is 24.3 Å². The second kappa shape index (κ2) is 10.8. The van der Waals surface area contributed by atoms with Crippen molar-refractivity contribution < 1.29 is 4.74 Å². The molecule has 0 aliphatic carbocycles. The Balaban J connectivity index is 1.30. The van der Waals surface area contributed by atoms with Gasteiger partial charge in [-0.25, -0.2) is 4.98 Å². The zero-order valence-electron chi connectivity index (χ0n) is 19.8. The van der Waals surface area contributed by atoms with E-state index >= 15 is 0 Å². The summed E-state index contributed by atoms with van der Waals surface area (Å²) in [4.78, 5) is 24.5. The smallest absolute Gasteiger partial charge is 0.259 e. The van der Waals surface area contributed by atoms with Crippen LogP contribution in [0.1, 0.15) is 0 Å². The largest absolute Gasteiger partial charge is 0.492 e. The zero-order chi connectivity index (χ0) is 25.1. The number of anilines is 2. The molecule has 3 heterocycles.